The summed E-state index contributed by atoms with van der Waals surface area (Å²) in [5.74, 6) is -0.244. The fourth-order valence-corrected chi connectivity index (χ4v) is 2.95. The van der Waals surface area contributed by atoms with Gasteiger partial charge in [-0.05, 0) is 38.1 Å². The molecule has 0 unspecified atom stereocenters. The van der Waals surface area contributed by atoms with Crippen molar-refractivity contribution in [2.75, 3.05) is 5.43 Å². The van der Waals surface area contributed by atoms with Crippen LogP contribution in [0.1, 0.15) is 19.5 Å². The second-order valence-electron chi connectivity index (χ2n) is 6.60. The predicted molar refractivity (Wildman–Crippen MR) is 117 cm³/mol. The molecule has 2 aromatic carbocycles. The van der Waals surface area contributed by atoms with Gasteiger partial charge in [0, 0.05) is 14.0 Å². The number of carbonyl (C=O) groups excluding carboxylic acids is 1. The minimum atomic E-state index is -0.255. The standard InChI is InChI=1S/C22H23N5O2/c1-15(20(17(3)28)25-24-18-11-7-5-8-12-18)23-21-16(2)26(4)27(22(21)29)19-13-9-6-10-14-19/h5-14,24H,1-4H3/b23-15?,25-20+. The van der Waals surface area contributed by atoms with Gasteiger partial charge in [-0.3, -0.25) is 19.7 Å². The molecule has 29 heavy (non-hydrogen) atoms. The highest BCUT2D eigenvalue weighted by Gasteiger charge is 2.18. The quantitative estimate of drug-likeness (QED) is 0.516. The first-order chi connectivity index (χ1) is 13.9. The Bertz CT molecular complexity index is 1140. The van der Waals surface area contributed by atoms with Crippen molar-refractivity contribution in [1.82, 2.24) is 9.36 Å². The van der Waals surface area contributed by atoms with E-state index in [0.29, 0.717) is 11.4 Å². The molecule has 0 saturated heterocycles. The van der Waals surface area contributed by atoms with E-state index in [0.717, 1.165) is 11.4 Å². The molecule has 0 aliphatic heterocycles. The summed E-state index contributed by atoms with van der Waals surface area (Å²) in [7, 11) is 1.80. The molecule has 3 aromatic rings. The van der Waals surface area contributed by atoms with Gasteiger partial charge in [-0.2, -0.15) is 5.10 Å². The molecule has 1 N–H and O–H groups in total. The number of ketones is 1. The van der Waals surface area contributed by atoms with Gasteiger partial charge in [0.05, 0.1) is 22.8 Å². The van der Waals surface area contributed by atoms with Gasteiger partial charge in [0.25, 0.3) is 5.56 Å². The molecular weight excluding hydrogens is 366 g/mol. The molecule has 148 valence electrons. The van der Waals surface area contributed by atoms with Crippen molar-refractivity contribution in [2.45, 2.75) is 20.8 Å². The number of aliphatic imine (C=N–C) groups is 1. The predicted octanol–water partition coefficient (Wildman–Crippen LogP) is 3.63. The molecule has 0 aliphatic carbocycles. The first kappa shape index (κ1) is 20.0. The molecule has 0 spiro atoms. The number of benzene rings is 2. The third-order valence-electron chi connectivity index (χ3n) is 4.55. The summed E-state index contributed by atoms with van der Waals surface area (Å²) in [5.41, 5.74) is 5.61. The summed E-state index contributed by atoms with van der Waals surface area (Å²) < 4.78 is 3.30. The highest BCUT2D eigenvalue weighted by molar-refractivity contribution is 6.66. The van der Waals surface area contributed by atoms with E-state index in [-0.39, 0.29) is 22.7 Å². The second kappa shape index (κ2) is 8.52. The Morgan fingerprint density at radius 1 is 0.966 bits per heavy atom. The maximum atomic E-state index is 13.0. The average Bonchev–Trinajstić information content (AvgIpc) is 2.92. The summed E-state index contributed by atoms with van der Waals surface area (Å²) in [6.45, 7) is 4.91. The van der Waals surface area contributed by atoms with Crippen LogP contribution in [-0.2, 0) is 11.8 Å². The lowest BCUT2D eigenvalue weighted by molar-refractivity contribution is -0.110. The Balaban J connectivity index is 2.02. The summed E-state index contributed by atoms with van der Waals surface area (Å²) >= 11 is 0. The zero-order valence-corrected chi connectivity index (χ0v) is 16.9. The van der Waals surface area contributed by atoms with Crippen LogP contribution in [0.2, 0.25) is 0 Å². The van der Waals surface area contributed by atoms with Gasteiger partial charge in [-0.25, -0.2) is 9.67 Å². The molecule has 1 heterocycles. The SMILES string of the molecule is CC(=O)/C(=N/Nc1ccccc1)C(C)=Nc1c(C)n(C)n(-c2ccccc2)c1=O. The number of hydrogen-bond acceptors (Lipinski definition) is 5. The Kier molecular flexibility index (Phi) is 5.87. The van der Waals surface area contributed by atoms with Crippen LogP contribution in [0.3, 0.4) is 0 Å². The number of carbonyl (C=O) groups is 1. The van der Waals surface area contributed by atoms with E-state index in [2.05, 4.69) is 15.5 Å². The summed E-state index contributed by atoms with van der Waals surface area (Å²) in [4.78, 5) is 29.6. The Morgan fingerprint density at radius 2 is 1.55 bits per heavy atom. The fourth-order valence-electron chi connectivity index (χ4n) is 2.95. The van der Waals surface area contributed by atoms with E-state index >= 15 is 0 Å². The third-order valence-corrected chi connectivity index (χ3v) is 4.55. The first-order valence-electron chi connectivity index (χ1n) is 9.19. The second-order valence-corrected chi connectivity index (χ2v) is 6.60. The number of Topliss-reactive ketones (excluding diaryl/α,β-unsaturated/α-hetero) is 1. The van der Waals surface area contributed by atoms with Gasteiger partial charge in [-0.1, -0.05) is 36.4 Å². The average molecular weight is 389 g/mol. The Labute approximate surface area is 169 Å². The molecule has 7 heteroatoms. The normalized spacial score (nSPS) is 12.1. The number of hydrazone groups is 1. The molecule has 0 amide bonds. The van der Waals surface area contributed by atoms with E-state index in [1.807, 2.05) is 67.6 Å². The number of nitrogens with one attached hydrogen (secondary N) is 1. The topological polar surface area (TPSA) is 80.8 Å². The minimum Gasteiger partial charge on any atom is -0.293 e. The van der Waals surface area contributed by atoms with Crippen LogP contribution in [-0.4, -0.2) is 26.6 Å². The lowest BCUT2D eigenvalue weighted by Crippen LogP contribution is -2.22. The largest absolute Gasteiger partial charge is 0.297 e. The van der Waals surface area contributed by atoms with Crippen LogP contribution in [0.4, 0.5) is 11.4 Å². The van der Waals surface area contributed by atoms with Crippen LogP contribution in [0, 0.1) is 6.92 Å². The van der Waals surface area contributed by atoms with E-state index in [9.17, 15) is 9.59 Å². The Hall–Kier alpha value is -3.74. The molecule has 0 saturated carbocycles. The third kappa shape index (κ3) is 4.24. The Morgan fingerprint density at radius 3 is 2.14 bits per heavy atom. The lowest BCUT2D eigenvalue weighted by atomic mass is 10.2. The van der Waals surface area contributed by atoms with Crippen LogP contribution in [0.15, 0.2) is 75.6 Å². The molecule has 0 fully saturated rings. The number of anilines is 1. The molecule has 1 aromatic heterocycles. The van der Waals surface area contributed by atoms with Gasteiger partial charge in [0.2, 0.25) is 0 Å². The van der Waals surface area contributed by atoms with E-state index < -0.39 is 0 Å². The van der Waals surface area contributed by atoms with Crippen molar-refractivity contribution >= 4 is 28.6 Å². The van der Waals surface area contributed by atoms with Crippen molar-refractivity contribution in [1.29, 1.82) is 0 Å². The van der Waals surface area contributed by atoms with Gasteiger partial charge >= 0.3 is 0 Å². The summed E-state index contributed by atoms with van der Waals surface area (Å²) in [6, 6.07) is 18.6. The molecule has 7 nitrogen and oxygen atoms in total. The molecule has 0 radical (unpaired) electrons. The van der Waals surface area contributed by atoms with Gasteiger partial charge < -0.3 is 0 Å². The monoisotopic (exact) mass is 389 g/mol. The highest BCUT2D eigenvalue weighted by Crippen LogP contribution is 2.17. The number of nitrogens with zero attached hydrogens (tertiary/aromatic N) is 4. The van der Waals surface area contributed by atoms with Gasteiger partial charge in [0.15, 0.2) is 11.5 Å². The van der Waals surface area contributed by atoms with Crippen LogP contribution in [0.5, 0.6) is 0 Å². The lowest BCUT2D eigenvalue weighted by Gasteiger charge is -2.07. The van der Waals surface area contributed by atoms with Crippen molar-refractivity contribution in [2.24, 2.45) is 17.1 Å². The summed E-state index contributed by atoms with van der Waals surface area (Å²) in [5, 5.41) is 4.21. The van der Waals surface area contributed by atoms with Gasteiger partial charge in [0.1, 0.15) is 5.71 Å². The number of rotatable bonds is 6. The summed E-state index contributed by atoms with van der Waals surface area (Å²) in [6.07, 6.45) is 0. The van der Waals surface area contributed by atoms with Crippen LogP contribution >= 0.6 is 0 Å². The number of para-hydroxylation sites is 2. The number of aromatic nitrogens is 2. The van der Waals surface area contributed by atoms with Crippen molar-refractivity contribution in [3.8, 4) is 5.69 Å². The number of hydrogen-bond donors (Lipinski definition) is 1. The van der Waals surface area contributed by atoms with E-state index in [1.54, 1.807) is 23.3 Å². The van der Waals surface area contributed by atoms with Crippen LogP contribution in [0.25, 0.3) is 5.69 Å². The van der Waals surface area contributed by atoms with Crippen LogP contribution < -0.4 is 11.0 Å². The van der Waals surface area contributed by atoms with Crippen molar-refractivity contribution in [3.63, 3.8) is 0 Å². The van der Waals surface area contributed by atoms with Gasteiger partial charge in [-0.15, -0.1) is 0 Å². The smallest absolute Gasteiger partial charge is 0.293 e. The molecule has 0 bridgehead atoms. The zero-order valence-electron chi connectivity index (χ0n) is 16.9. The van der Waals surface area contributed by atoms with Crippen molar-refractivity contribution < 1.29 is 4.79 Å². The zero-order chi connectivity index (χ0) is 21.0. The maximum Gasteiger partial charge on any atom is 0.297 e. The molecule has 0 aliphatic rings. The van der Waals surface area contributed by atoms with E-state index in [4.69, 9.17) is 0 Å². The highest BCUT2D eigenvalue weighted by atomic mass is 16.1. The molecule has 3 rings (SSSR count). The van der Waals surface area contributed by atoms with Crippen molar-refractivity contribution in [3.05, 3.63) is 76.7 Å². The molecular formula is C22H23N5O2. The molecule has 0 atom stereocenters. The minimum absolute atomic E-state index is 0.169. The maximum absolute atomic E-state index is 13.0. The first-order valence-corrected chi connectivity index (χ1v) is 9.19. The fraction of sp³-hybridized carbons (Fsp3) is 0.182. The van der Waals surface area contributed by atoms with E-state index in [1.165, 1.54) is 6.92 Å².